The van der Waals surface area contributed by atoms with E-state index in [1.54, 1.807) is 0 Å². The molecule has 0 aliphatic carbocycles. The Morgan fingerprint density at radius 3 is 2.77 bits per heavy atom. The van der Waals surface area contributed by atoms with Gasteiger partial charge in [0, 0.05) is 36.9 Å². The third kappa shape index (κ3) is 4.53. The van der Waals surface area contributed by atoms with Gasteiger partial charge in [-0.1, -0.05) is 42.5 Å². The van der Waals surface area contributed by atoms with E-state index in [1.807, 2.05) is 47.0 Å². The van der Waals surface area contributed by atoms with Gasteiger partial charge in [-0.3, -0.25) is 9.69 Å². The number of para-hydroxylation sites is 1. The maximum atomic E-state index is 13.2. The fourth-order valence-electron chi connectivity index (χ4n) is 5.00. The zero-order valence-electron chi connectivity index (χ0n) is 17.9. The van der Waals surface area contributed by atoms with Crippen molar-refractivity contribution in [3.05, 3.63) is 60.2 Å². The standard InChI is InChI=1S/C25H30N2O3S/c28-24(27-14-16-31-22-10-5-4-9-21(22)27)18-26-13-12-25(11-6-15-30-25)23(17-26)29-19-20-7-2-1-3-8-20/h1-5,7-10,23H,6,11-19H2/t23-,25+/m1/s1. The molecule has 0 radical (unpaired) electrons. The minimum atomic E-state index is -0.192. The quantitative estimate of drug-likeness (QED) is 0.707. The summed E-state index contributed by atoms with van der Waals surface area (Å²) in [5, 5.41) is 0. The molecule has 164 valence electrons. The second-order valence-corrected chi connectivity index (χ2v) is 9.79. The highest BCUT2D eigenvalue weighted by Crippen LogP contribution is 2.38. The van der Waals surface area contributed by atoms with E-state index in [9.17, 15) is 4.79 Å². The van der Waals surface area contributed by atoms with Crippen LogP contribution >= 0.6 is 11.8 Å². The molecule has 5 rings (SSSR count). The monoisotopic (exact) mass is 438 g/mol. The lowest BCUT2D eigenvalue weighted by molar-refractivity contribution is -0.160. The maximum Gasteiger partial charge on any atom is 0.241 e. The molecule has 3 aliphatic rings. The lowest BCUT2D eigenvalue weighted by atomic mass is 9.85. The van der Waals surface area contributed by atoms with Gasteiger partial charge in [-0.05, 0) is 37.0 Å². The van der Waals surface area contributed by atoms with Crippen molar-refractivity contribution in [2.75, 3.05) is 43.4 Å². The largest absolute Gasteiger partial charge is 0.372 e. The highest BCUT2D eigenvalue weighted by Gasteiger charge is 2.47. The predicted molar refractivity (Wildman–Crippen MR) is 124 cm³/mol. The van der Waals surface area contributed by atoms with Crippen LogP contribution in [0.25, 0.3) is 0 Å². The molecule has 3 heterocycles. The van der Waals surface area contributed by atoms with Crippen LogP contribution in [0.5, 0.6) is 0 Å². The van der Waals surface area contributed by atoms with Gasteiger partial charge in [-0.2, -0.15) is 0 Å². The number of anilines is 1. The van der Waals surface area contributed by atoms with Crippen LogP contribution in [0.4, 0.5) is 5.69 Å². The van der Waals surface area contributed by atoms with E-state index in [1.165, 1.54) is 10.5 Å². The number of amides is 1. The van der Waals surface area contributed by atoms with Gasteiger partial charge >= 0.3 is 0 Å². The summed E-state index contributed by atoms with van der Waals surface area (Å²) in [5.74, 6) is 1.13. The van der Waals surface area contributed by atoms with Crippen molar-refractivity contribution >= 4 is 23.4 Å². The first-order valence-corrected chi connectivity index (χ1v) is 12.3. The molecular weight excluding hydrogens is 408 g/mol. The summed E-state index contributed by atoms with van der Waals surface area (Å²) in [5.41, 5.74) is 2.03. The Morgan fingerprint density at radius 2 is 1.94 bits per heavy atom. The van der Waals surface area contributed by atoms with Crippen molar-refractivity contribution < 1.29 is 14.3 Å². The molecule has 2 atom stereocenters. The Kier molecular flexibility index (Phi) is 6.32. The molecule has 2 fully saturated rings. The molecule has 3 aliphatic heterocycles. The first-order chi connectivity index (χ1) is 15.2. The molecule has 5 nitrogen and oxygen atoms in total. The second kappa shape index (κ2) is 9.33. The van der Waals surface area contributed by atoms with Gasteiger partial charge in [-0.25, -0.2) is 0 Å². The molecule has 0 bridgehead atoms. The van der Waals surface area contributed by atoms with Crippen LogP contribution in [0.2, 0.25) is 0 Å². The number of carbonyl (C=O) groups excluding carboxylic acids is 1. The van der Waals surface area contributed by atoms with E-state index in [0.717, 1.165) is 56.9 Å². The average molecular weight is 439 g/mol. The number of rotatable bonds is 5. The summed E-state index contributed by atoms with van der Waals surface area (Å²) < 4.78 is 12.7. The van der Waals surface area contributed by atoms with E-state index in [0.29, 0.717) is 13.2 Å². The molecule has 0 unspecified atom stereocenters. The summed E-state index contributed by atoms with van der Waals surface area (Å²) in [6.45, 7) is 4.21. The third-order valence-corrected chi connectivity index (χ3v) is 7.72. The number of nitrogens with zero attached hydrogens (tertiary/aromatic N) is 2. The van der Waals surface area contributed by atoms with Gasteiger partial charge in [0.15, 0.2) is 0 Å². The van der Waals surface area contributed by atoms with Crippen molar-refractivity contribution in [3.63, 3.8) is 0 Å². The highest BCUT2D eigenvalue weighted by molar-refractivity contribution is 7.99. The minimum absolute atomic E-state index is 0.0130. The van der Waals surface area contributed by atoms with E-state index < -0.39 is 0 Å². The SMILES string of the molecule is O=C(CN1CC[C@@]2(CCCO2)[C@H](OCc2ccccc2)C1)N1CCSc2ccccc21. The number of likely N-dealkylation sites (tertiary alicyclic amines) is 1. The molecule has 6 heteroatoms. The first-order valence-electron chi connectivity index (χ1n) is 11.3. The predicted octanol–water partition coefficient (Wildman–Crippen LogP) is 3.97. The zero-order chi connectivity index (χ0) is 21.1. The second-order valence-electron chi connectivity index (χ2n) is 8.65. The molecule has 1 spiro atoms. The van der Waals surface area contributed by atoms with Gasteiger partial charge in [0.25, 0.3) is 0 Å². The summed E-state index contributed by atoms with van der Waals surface area (Å²) >= 11 is 1.83. The van der Waals surface area contributed by atoms with Crippen LogP contribution in [0, 0.1) is 0 Å². The van der Waals surface area contributed by atoms with Crippen LogP contribution in [0.1, 0.15) is 24.8 Å². The fraction of sp³-hybridized carbons (Fsp3) is 0.480. The number of hydrogen-bond acceptors (Lipinski definition) is 5. The van der Waals surface area contributed by atoms with Crippen LogP contribution < -0.4 is 4.90 Å². The zero-order valence-corrected chi connectivity index (χ0v) is 18.7. The lowest BCUT2D eigenvalue weighted by Gasteiger charge is -2.45. The van der Waals surface area contributed by atoms with E-state index >= 15 is 0 Å². The third-order valence-electron chi connectivity index (χ3n) is 6.68. The number of ether oxygens (including phenoxy) is 2. The van der Waals surface area contributed by atoms with Crippen molar-refractivity contribution in [2.24, 2.45) is 0 Å². The van der Waals surface area contributed by atoms with Crippen molar-refractivity contribution in [1.82, 2.24) is 4.90 Å². The average Bonchev–Trinajstić information content (AvgIpc) is 3.29. The topological polar surface area (TPSA) is 42.0 Å². The van der Waals surface area contributed by atoms with E-state index in [2.05, 4.69) is 29.2 Å². The Labute approximate surface area is 188 Å². The minimum Gasteiger partial charge on any atom is -0.372 e. The summed E-state index contributed by atoms with van der Waals surface area (Å²) in [6, 6.07) is 18.5. The molecule has 0 saturated carbocycles. The van der Waals surface area contributed by atoms with Gasteiger partial charge in [0.1, 0.15) is 0 Å². The smallest absolute Gasteiger partial charge is 0.241 e. The Hall–Kier alpha value is -1.86. The summed E-state index contributed by atoms with van der Waals surface area (Å²) in [4.78, 5) is 18.6. The maximum absolute atomic E-state index is 13.2. The van der Waals surface area contributed by atoms with Gasteiger partial charge in [0.2, 0.25) is 5.91 Å². The highest BCUT2D eigenvalue weighted by atomic mass is 32.2. The Balaban J connectivity index is 1.26. The normalized spacial score (nSPS) is 26.2. The molecule has 1 amide bonds. The number of carbonyl (C=O) groups is 1. The van der Waals surface area contributed by atoms with Crippen LogP contribution in [0.15, 0.2) is 59.5 Å². The summed E-state index contributed by atoms with van der Waals surface area (Å²) in [7, 11) is 0. The van der Waals surface area contributed by atoms with Crippen LogP contribution in [-0.2, 0) is 20.9 Å². The molecule has 0 aromatic heterocycles. The van der Waals surface area contributed by atoms with Gasteiger partial charge in [0.05, 0.1) is 30.5 Å². The molecule has 2 aromatic carbocycles. The Bertz CT molecular complexity index is 901. The summed E-state index contributed by atoms with van der Waals surface area (Å²) in [6.07, 6.45) is 3.05. The number of fused-ring (bicyclic) bond motifs is 1. The van der Waals surface area contributed by atoms with Gasteiger partial charge in [-0.15, -0.1) is 11.8 Å². The fourth-order valence-corrected chi connectivity index (χ4v) is 5.99. The number of benzene rings is 2. The first kappa shape index (κ1) is 21.0. The van der Waals surface area contributed by atoms with Crippen LogP contribution in [-0.4, -0.2) is 61.1 Å². The van der Waals surface area contributed by atoms with Crippen molar-refractivity contribution in [2.45, 2.75) is 42.5 Å². The number of hydrogen-bond donors (Lipinski definition) is 0. The molecule has 0 N–H and O–H groups in total. The Morgan fingerprint density at radius 1 is 1.10 bits per heavy atom. The van der Waals surface area contributed by atoms with Crippen LogP contribution in [0.3, 0.4) is 0 Å². The van der Waals surface area contributed by atoms with E-state index in [4.69, 9.17) is 9.47 Å². The number of piperidine rings is 1. The molecule has 31 heavy (non-hydrogen) atoms. The molecule has 2 saturated heterocycles. The number of thioether (sulfide) groups is 1. The molecular formula is C25H30N2O3S. The van der Waals surface area contributed by atoms with Crippen molar-refractivity contribution in [1.29, 1.82) is 0 Å². The molecule has 2 aromatic rings. The van der Waals surface area contributed by atoms with Crippen molar-refractivity contribution in [3.8, 4) is 0 Å². The van der Waals surface area contributed by atoms with Gasteiger partial charge < -0.3 is 14.4 Å². The van der Waals surface area contributed by atoms with E-state index in [-0.39, 0.29) is 17.6 Å². The lowest BCUT2D eigenvalue weighted by Crippen LogP contribution is -2.58.